The Balaban J connectivity index is 1.13. The van der Waals surface area contributed by atoms with Gasteiger partial charge in [-0.1, -0.05) is 33.3 Å². The van der Waals surface area contributed by atoms with E-state index in [9.17, 15) is 18.6 Å². The molecule has 1 aliphatic heterocycles. The molecule has 5 fully saturated rings. The first-order chi connectivity index (χ1) is 19.6. The van der Waals surface area contributed by atoms with Crippen LogP contribution in [0.1, 0.15) is 97.8 Å². The highest BCUT2D eigenvalue weighted by molar-refractivity contribution is 7.89. The maximum absolute atomic E-state index is 13.3. The fourth-order valence-corrected chi connectivity index (χ4v) is 12.1. The largest absolute Gasteiger partial charge is 0.393 e. The number of fused-ring (bicyclic) bond motifs is 5. The van der Waals surface area contributed by atoms with E-state index >= 15 is 0 Å². The average molecular weight is 587 g/mol. The molecule has 10 atom stereocenters. The molecule has 1 aromatic rings. The number of sulfonamides is 1. The molecule has 0 aromatic heterocycles. The summed E-state index contributed by atoms with van der Waals surface area (Å²) in [5.74, 6) is 2.51. The second kappa shape index (κ2) is 11.4. The van der Waals surface area contributed by atoms with Crippen molar-refractivity contribution < 1.29 is 18.6 Å². The third-order valence-electron chi connectivity index (χ3n) is 13.2. The van der Waals surface area contributed by atoms with Gasteiger partial charge >= 0.3 is 0 Å². The minimum atomic E-state index is -3.56. The van der Waals surface area contributed by atoms with Gasteiger partial charge in [0.2, 0.25) is 10.0 Å². The van der Waals surface area contributed by atoms with E-state index in [1.807, 2.05) is 18.2 Å². The molecule has 0 bridgehead atoms. The molecule has 1 heterocycles. The topological polar surface area (TPSA) is 89.9 Å². The number of hydrogen-bond donors (Lipinski definition) is 3. The monoisotopic (exact) mass is 586 g/mol. The standard InChI is InChI=1S/C34H54N2O4S/c1-4-27-30-22-25(37)13-16-34(30,3)29-14-17-33(2)23(11-12-28(33)31(29)32(27)38)15-18-35-41(39,40)26-10-8-9-24(21-26)36-19-6-5-7-20-36/h8-10,21,23,25,27-32,35,37-38H,4-7,11-20,22H2,1-3H3/t23-,25-,27-,28+,29+,30+,31+,32-,33-,34-/m1/s1. The van der Waals surface area contributed by atoms with E-state index in [4.69, 9.17) is 0 Å². The first kappa shape index (κ1) is 29.9. The maximum Gasteiger partial charge on any atom is 0.240 e. The van der Waals surface area contributed by atoms with Gasteiger partial charge in [-0.3, -0.25) is 0 Å². The number of aliphatic hydroxyl groups excluding tert-OH is 2. The Morgan fingerprint density at radius 1 is 0.951 bits per heavy atom. The molecule has 0 spiro atoms. The van der Waals surface area contributed by atoms with Crippen LogP contribution in [0.3, 0.4) is 0 Å². The van der Waals surface area contributed by atoms with Crippen molar-refractivity contribution in [3.05, 3.63) is 24.3 Å². The molecule has 230 valence electrons. The highest BCUT2D eigenvalue weighted by atomic mass is 32.2. The molecule has 0 unspecified atom stereocenters. The number of nitrogens with zero attached hydrogens (tertiary/aromatic N) is 1. The van der Waals surface area contributed by atoms with E-state index in [-0.39, 0.29) is 29.0 Å². The summed E-state index contributed by atoms with van der Waals surface area (Å²) < 4.78 is 29.6. The predicted molar refractivity (Wildman–Crippen MR) is 164 cm³/mol. The van der Waals surface area contributed by atoms with Crippen molar-refractivity contribution in [2.45, 2.75) is 115 Å². The number of anilines is 1. The minimum absolute atomic E-state index is 0.150. The molecular formula is C34H54N2O4S. The van der Waals surface area contributed by atoms with E-state index in [2.05, 4.69) is 30.4 Å². The lowest BCUT2D eigenvalue weighted by Crippen LogP contribution is -2.62. The number of nitrogens with one attached hydrogen (secondary N) is 1. The molecule has 6 rings (SSSR count). The lowest BCUT2D eigenvalue weighted by atomic mass is 9.41. The van der Waals surface area contributed by atoms with E-state index in [1.54, 1.807) is 6.07 Å². The van der Waals surface area contributed by atoms with Crippen molar-refractivity contribution in [1.29, 1.82) is 0 Å². The molecule has 0 amide bonds. The first-order valence-electron chi connectivity index (χ1n) is 16.8. The van der Waals surface area contributed by atoms with Crippen LogP contribution in [0.2, 0.25) is 0 Å². The van der Waals surface area contributed by atoms with Crippen molar-refractivity contribution in [3.8, 4) is 0 Å². The highest BCUT2D eigenvalue weighted by Gasteiger charge is 2.64. The van der Waals surface area contributed by atoms with E-state index in [1.165, 1.54) is 12.8 Å². The van der Waals surface area contributed by atoms with Crippen molar-refractivity contribution in [2.24, 2.45) is 46.3 Å². The van der Waals surface area contributed by atoms with Crippen LogP contribution in [0.4, 0.5) is 5.69 Å². The third-order valence-corrected chi connectivity index (χ3v) is 14.7. The Morgan fingerprint density at radius 3 is 2.44 bits per heavy atom. The molecule has 4 aliphatic carbocycles. The molecule has 0 radical (unpaired) electrons. The van der Waals surface area contributed by atoms with Crippen LogP contribution in [0.15, 0.2) is 29.2 Å². The fraction of sp³-hybridized carbons (Fsp3) is 0.824. The second-order valence-corrected chi connectivity index (χ2v) is 16.7. The Morgan fingerprint density at radius 2 is 1.68 bits per heavy atom. The van der Waals surface area contributed by atoms with Gasteiger partial charge in [-0.25, -0.2) is 13.1 Å². The smallest absolute Gasteiger partial charge is 0.240 e. The molecule has 7 heteroatoms. The number of aliphatic hydroxyl groups is 2. The summed E-state index contributed by atoms with van der Waals surface area (Å²) in [6.45, 7) is 9.62. The number of rotatable bonds is 7. The van der Waals surface area contributed by atoms with Gasteiger partial charge in [0.05, 0.1) is 17.1 Å². The molecule has 3 N–H and O–H groups in total. The van der Waals surface area contributed by atoms with Crippen molar-refractivity contribution in [2.75, 3.05) is 24.5 Å². The zero-order valence-electron chi connectivity index (χ0n) is 25.6. The van der Waals surface area contributed by atoms with Gasteiger partial charge in [0.15, 0.2) is 0 Å². The first-order valence-corrected chi connectivity index (χ1v) is 18.3. The average Bonchev–Trinajstić information content (AvgIpc) is 3.30. The van der Waals surface area contributed by atoms with Crippen LogP contribution in [0, 0.1) is 46.3 Å². The fourth-order valence-electron chi connectivity index (χ4n) is 11.0. The molecule has 1 saturated heterocycles. The lowest BCUT2D eigenvalue weighted by molar-refractivity contribution is -0.202. The van der Waals surface area contributed by atoms with Gasteiger partial charge in [-0.05, 0) is 135 Å². The quantitative estimate of drug-likeness (QED) is 0.366. The normalized spacial score (nSPS) is 42.8. The molecule has 4 saturated carbocycles. The van der Waals surface area contributed by atoms with Crippen LogP contribution < -0.4 is 9.62 Å². The van der Waals surface area contributed by atoms with Crippen LogP contribution in [0.25, 0.3) is 0 Å². The van der Waals surface area contributed by atoms with E-state index in [0.717, 1.165) is 83.0 Å². The van der Waals surface area contributed by atoms with Crippen molar-refractivity contribution >= 4 is 15.7 Å². The Bertz CT molecular complexity index is 1180. The molecular weight excluding hydrogens is 532 g/mol. The van der Waals surface area contributed by atoms with Gasteiger partial charge < -0.3 is 15.1 Å². The summed E-state index contributed by atoms with van der Waals surface area (Å²) in [4.78, 5) is 2.67. The lowest BCUT2D eigenvalue weighted by Gasteiger charge is -2.64. The molecule has 6 nitrogen and oxygen atoms in total. The summed E-state index contributed by atoms with van der Waals surface area (Å²) in [6, 6.07) is 7.46. The van der Waals surface area contributed by atoms with Gasteiger partial charge in [0, 0.05) is 25.3 Å². The zero-order valence-corrected chi connectivity index (χ0v) is 26.4. The maximum atomic E-state index is 13.3. The Hall–Kier alpha value is -1.15. The minimum Gasteiger partial charge on any atom is -0.393 e. The van der Waals surface area contributed by atoms with Gasteiger partial charge in [-0.15, -0.1) is 0 Å². The summed E-state index contributed by atoms with van der Waals surface area (Å²) in [6.07, 6.45) is 12.3. The van der Waals surface area contributed by atoms with Crippen LogP contribution in [0.5, 0.6) is 0 Å². The Kier molecular flexibility index (Phi) is 8.32. The Labute approximate surface area is 248 Å². The van der Waals surface area contributed by atoms with Crippen LogP contribution in [-0.2, 0) is 10.0 Å². The third kappa shape index (κ3) is 5.19. The predicted octanol–water partition coefficient (Wildman–Crippen LogP) is 5.97. The highest BCUT2D eigenvalue weighted by Crippen LogP contribution is 2.69. The van der Waals surface area contributed by atoms with E-state index in [0.29, 0.717) is 41.0 Å². The number of benzene rings is 1. The van der Waals surface area contributed by atoms with Gasteiger partial charge in [0.1, 0.15) is 0 Å². The van der Waals surface area contributed by atoms with Crippen molar-refractivity contribution in [3.63, 3.8) is 0 Å². The van der Waals surface area contributed by atoms with Crippen LogP contribution >= 0.6 is 0 Å². The van der Waals surface area contributed by atoms with E-state index < -0.39 is 10.0 Å². The van der Waals surface area contributed by atoms with Gasteiger partial charge in [-0.2, -0.15) is 0 Å². The van der Waals surface area contributed by atoms with Gasteiger partial charge in [0.25, 0.3) is 0 Å². The second-order valence-electron chi connectivity index (χ2n) is 14.9. The SMILES string of the molecule is CC[C@H]1[C@@H](O)[C@@H]2[C@H](CC[C@]3(C)[C@@H](CCNS(=O)(=O)c4cccc(N5CCCCC5)c4)CC[C@@H]23)[C@@]2(C)CC[C@@H](O)C[C@@H]12. The summed E-state index contributed by atoms with van der Waals surface area (Å²) in [7, 11) is -3.56. The van der Waals surface area contributed by atoms with Crippen LogP contribution in [-0.4, -0.2) is 50.5 Å². The summed E-state index contributed by atoms with van der Waals surface area (Å²) in [5.41, 5.74) is 1.37. The summed E-state index contributed by atoms with van der Waals surface area (Å²) in [5, 5.41) is 22.4. The molecule has 1 aromatic carbocycles. The zero-order chi connectivity index (χ0) is 29.0. The number of piperidine rings is 1. The van der Waals surface area contributed by atoms with Crippen molar-refractivity contribution in [1.82, 2.24) is 4.72 Å². The number of hydrogen-bond acceptors (Lipinski definition) is 5. The molecule has 5 aliphatic rings. The molecule has 41 heavy (non-hydrogen) atoms. The summed E-state index contributed by atoms with van der Waals surface area (Å²) >= 11 is 0.